The molecule has 0 bridgehead atoms. The monoisotopic (exact) mass is 345 g/mol. The maximum absolute atomic E-state index is 5.67. The molecule has 5 heteroatoms. The van der Waals surface area contributed by atoms with Crippen LogP contribution < -0.4 is 10.6 Å². The summed E-state index contributed by atoms with van der Waals surface area (Å²) in [5, 5.41) is 7.56. The number of rotatable bonds is 6. The van der Waals surface area contributed by atoms with Crippen LogP contribution in [0.2, 0.25) is 0 Å². The van der Waals surface area contributed by atoms with Gasteiger partial charge in [0.15, 0.2) is 0 Å². The molecule has 3 rings (SSSR count). The van der Waals surface area contributed by atoms with E-state index in [2.05, 4.69) is 22.5 Å². The Morgan fingerprint density at radius 1 is 1.17 bits per heavy atom. The second kappa shape index (κ2) is 10.2. The van der Waals surface area contributed by atoms with Crippen molar-refractivity contribution in [2.45, 2.75) is 70.0 Å². The van der Waals surface area contributed by atoms with Crippen molar-refractivity contribution in [3.63, 3.8) is 0 Å². The van der Waals surface area contributed by atoms with Crippen LogP contribution in [-0.4, -0.2) is 62.4 Å². The first kappa shape index (κ1) is 19.5. The fraction of sp³-hybridized carbons (Fsp3) is 1.00. The van der Waals surface area contributed by atoms with Crippen molar-refractivity contribution in [3.8, 4) is 0 Å². The van der Waals surface area contributed by atoms with E-state index < -0.39 is 0 Å². The molecule has 1 saturated carbocycles. The van der Waals surface area contributed by atoms with Gasteiger partial charge in [0.2, 0.25) is 0 Å². The van der Waals surface area contributed by atoms with Crippen molar-refractivity contribution < 1.29 is 4.74 Å². The van der Waals surface area contributed by atoms with Gasteiger partial charge in [0, 0.05) is 37.8 Å². The molecule has 4 atom stereocenters. The van der Waals surface area contributed by atoms with E-state index >= 15 is 0 Å². The summed E-state index contributed by atoms with van der Waals surface area (Å²) in [6, 6.07) is 2.11. The van der Waals surface area contributed by atoms with Crippen LogP contribution in [0.4, 0.5) is 0 Å². The first-order valence-electron chi connectivity index (χ1n) is 9.67. The molecule has 0 aromatic rings. The summed E-state index contributed by atoms with van der Waals surface area (Å²) in [5.74, 6) is 0.767. The Bertz CT molecular complexity index is 325. The second-order valence-corrected chi connectivity index (χ2v) is 7.38. The lowest BCUT2D eigenvalue weighted by Gasteiger charge is -2.36. The molecule has 3 fully saturated rings. The van der Waals surface area contributed by atoms with E-state index in [1.54, 1.807) is 0 Å². The van der Waals surface area contributed by atoms with Crippen LogP contribution >= 0.6 is 12.4 Å². The fourth-order valence-corrected chi connectivity index (χ4v) is 4.79. The van der Waals surface area contributed by atoms with Gasteiger partial charge in [-0.2, -0.15) is 0 Å². The second-order valence-electron chi connectivity index (χ2n) is 7.38. The molecule has 3 aliphatic rings. The van der Waals surface area contributed by atoms with Gasteiger partial charge in [-0.15, -0.1) is 12.4 Å². The maximum atomic E-state index is 5.67. The molecular formula is C18H36ClN3O. The Morgan fingerprint density at radius 3 is 2.87 bits per heavy atom. The van der Waals surface area contributed by atoms with Crippen LogP contribution in [0.25, 0.3) is 0 Å². The SMILES string of the molecule is CCC1CCCCN1CCNC1CCCC1C1COCCN1.Cl. The van der Waals surface area contributed by atoms with Gasteiger partial charge in [0.1, 0.15) is 0 Å². The van der Waals surface area contributed by atoms with Crippen LogP contribution in [0.3, 0.4) is 0 Å². The number of morpholine rings is 1. The number of likely N-dealkylation sites (tertiary alicyclic amines) is 1. The first-order chi connectivity index (χ1) is 10.9. The quantitative estimate of drug-likeness (QED) is 0.775. The van der Waals surface area contributed by atoms with Crippen LogP contribution in [-0.2, 0) is 4.74 Å². The first-order valence-corrected chi connectivity index (χ1v) is 9.67. The fourth-order valence-electron chi connectivity index (χ4n) is 4.79. The summed E-state index contributed by atoms with van der Waals surface area (Å²) < 4.78 is 5.67. The standard InChI is InChI=1S/C18H35N3O.ClH/c1-2-15-6-3-4-11-21(15)12-9-19-17-8-5-7-16(17)18-14-22-13-10-20-18;/h15-20H,2-14H2,1H3;1H. The van der Waals surface area contributed by atoms with E-state index in [9.17, 15) is 0 Å². The van der Waals surface area contributed by atoms with Gasteiger partial charge in [0.05, 0.1) is 13.2 Å². The van der Waals surface area contributed by atoms with Crippen molar-refractivity contribution >= 4 is 12.4 Å². The molecule has 1 aliphatic carbocycles. The van der Waals surface area contributed by atoms with Gasteiger partial charge in [-0.05, 0) is 44.6 Å². The van der Waals surface area contributed by atoms with Crippen molar-refractivity contribution in [3.05, 3.63) is 0 Å². The van der Waals surface area contributed by atoms with Crippen LogP contribution in [0.15, 0.2) is 0 Å². The van der Waals surface area contributed by atoms with E-state index in [4.69, 9.17) is 4.74 Å². The van der Waals surface area contributed by atoms with Crippen molar-refractivity contribution in [2.75, 3.05) is 39.4 Å². The summed E-state index contributed by atoms with van der Waals surface area (Å²) in [4.78, 5) is 2.72. The Morgan fingerprint density at radius 2 is 2.09 bits per heavy atom. The van der Waals surface area contributed by atoms with Gasteiger partial charge < -0.3 is 15.4 Å². The molecule has 2 saturated heterocycles. The largest absolute Gasteiger partial charge is 0.379 e. The Balaban J connectivity index is 0.00000192. The number of piperidine rings is 1. The van der Waals surface area contributed by atoms with Crippen molar-refractivity contribution in [1.82, 2.24) is 15.5 Å². The van der Waals surface area contributed by atoms with E-state index in [0.717, 1.165) is 38.3 Å². The third kappa shape index (κ3) is 5.30. The van der Waals surface area contributed by atoms with Gasteiger partial charge in [-0.25, -0.2) is 0 Å². The molecule has 0 radical (unpaired) electrons. The zero-order valence-corrected chi connectivity index (χ0v) is 15.6. The highest BCUT2D eigenvalue weighted by atomic mass is 35.5. The zero-order valence-electron chi connectivity index (χ0n) is 14.8. The minimum atomic E-state index is 0. The number of hydrogen-bond acceptors (Lipinski definition) is 4. The van der Waals surface area contributed by atoms with Crippen LogP contribution in [0, 0.1) is 5.92 Å². The Labute approximate surface area is 148 Å². The van der Waals surface area contributed by atoms with Gasteiger partial charge in [0.25, 0.3) is 0 Å². The molecule has 0 spiro atoms. The lowest BCUT2D eigenvalue weighted by Crippen LogP contribution is -2.52. The van der Waals surface area contributed by atoms with Crippen molar-refractivity contribution in [1.29, 1.82) is 0 Å². The molecule has 4 nitrogen and oxygen atoms in total. The molecule has 4 unspecified atom stereocenters. The average molecular weight is 346 g/mol. The highest BCUT2D eigenvalue weighted by Gasteiger charge is 2.34. The minimum absolute atomic E-state index is 0. The normalized spacial score (nSPS) is 35.9. The van der Waals surface area contributed by atoms with E-state index in [1.165, 1.54) is 58.0 Å². The number of ether oxygens (including phenoxy) is 1. The highest BCUT2D eigenvalue weighted by molar-refractivity contribution is 5.85. The topological polar surface area (TPSA) is 36.5 Å². The summed E-state index contributed by atoms with van der Waals surface area (Å²) in [5.41, 5.74) is 0. The zero-order chi connectivity index (χ0) is 15.2. The van der Waals surface area contributed by atoms with Crippen LogP contribution in [0.1, 0.15) is 51.9 Å². The molecule has 2 N–H and O–H groups in total. The summed E-state index contributed by atoms with van der Waals surface area (Å²) in [6.45, 7) is 8.87. The predicted molar refractivity (Wildman–Crippen MR) is 98.5 cm³/mol. The molecule has 2 aliphatic heterocycles. The number of nitrogens with zero attached hydrogens (tertiary/aromatic N) is 1. The van der Waals surface area contributed by atoms with Gasteiger partial charge >= 0.3 is 0 Å². The molecule has 0 amide bonds. The lowest BCUT2D eigenvalue weighted by atomic mass is 9.94. The van der Waals surface area contributed by atoms with E-state index in [-0.39, 0.29) is 12.4 Å². The predicted octanol–water partition coefficient (Wildman–Crippen LogP) is 2.42. The molecule has 136 valence electrons. The van der Waals surface area contributed by atoms with E-state index in [0.29, 0.717) is 12.1 Å². The molecule has 0 aromatic carbocycles. The smallest absolute Gasteiger partial charge is 0.0623 e. The summed E-state index contributed by atoms with van der Waals surface area (Å²) >= 11 is 0. The van der Waals surface area contributed by atoms with E-state index in [1.807, 2.05) is 0 Å². The van der Waals surface area contributed by atoms with Gasteiger partial charge in [-0.1, -0.05) is 19.8 Å². The van der Waals surface area contributed by atoms with Crippen LogP contribution in [0.5, 0.6) is 0 Å². The van der Waals surface area contributed by atoms with Gasteiger partial charge in [-0.3, -0.25) is 4.90 Å². The molecule has 0 aromatic heterocycles. The third-order valence-corrected chi connectivity index (χ3v) is 6.06. The molecule has 2 heterocycles. The van der Waals surface area contributed by atoms with Crippen molar-refractivity contribution in [2.24, 2.45) is 5.92 Å². The average Bonchev–Trinajstić information content (AvgIpc) is 3.04. The Hall–Kier alpha value is 0.130. The molecular weight excluding hydrogens is 310 g/mol. The molecule has 23 heavy (non-hydrogen) atoms. The highest BCUT2D eigenvalue weighted by Crippen LogP contribution is 2.29. The minimum Gasteiger partial charge on any atom is -0.379 e. The number of halogens is 1. The Kier molecular flexibility index (Phi) is 8.62. The summed E-state index contributed by atoms with van der Waals surface area (Å²) in [6.07, 6.45) is 9.63. The summed E-state index contributed by atoms with van der Waals surface area (Å²) in [7, 11) is 0. The number of nitrogens with one attached hydrogen (secondary N) is 2. The number of hydrogen-bond donors (Lipinski definition) is 2. The maximum Gasteiger partial charge on any atom is 0.0623 e. The third-order valence-electron chi connectivity index (χ3n) is 6.06. The lowest BCUT2D eigenvalue weighted by molar-refractivity contribution is 0.0520.